The van der Waals surface area contributed by atoms with Crippen LogP contribution >= 0.6 is 0 Å². The van der Waals surface area contributed by atoms with Gasteiger partial charge in [0.15, 0.2) is 0 Å². The Morgan fingerprint density at radius 3 is 2.54 bits per heavy atom. The normalized spacial score (nSPS) is 14.6. The smallest absolute Gasteiger partial charge is 0.255 e. The molecule has 1 atom stereocenters. The van der Waals surface area contributed by atoms with Crippen molar-refractivity contribution >= 4 is 17.5 Å². The van der Waals surface area contributed by atoms with Crippen molar-refractivity contribution < 1.29 is 14.3 Å². The molecule has 1 aliphatic rings. The Bertz CT molecular complexity index is 1360. The van der Waals surface area contributed by atoms with Crippen molar-refractivity contribution in [3.63, 3.8) is 0 Å². The van der Waals surface area contributed by atoms with Crippen molar-refractivity contribution in [2.75, 3.05) is 17.7 Å². The molecule has 0 radical (unpaired) electrons. The highest BCUT2D eigenvalue weighted by atomic mass is 16.5. The first-order valence-electron chi connectivity index (χ1n) is 11.2. The maximum absolute atomic E-state index is 13.6. The topological polar surface area (TPSA) is 90.3 Å². The number of allylic oxidation sites excluding steroid dienone is 1. The summed E-state index contributed by atoms with van der Waals surface area (Å²) in [5.74, 6) is 1.70. The van der Waals surface area contributed by atoms with E-state index in [1.165, 1.54) is 6.33 Å². The van der Waals surface area contributed by atoms with E-state index < -0.39 is 6.04 Å². The standard InChI is InChI=1S/C27H25N5O3/c1-18-24(26(33)31-20-12-14-21(34-2)15-13-20)25(32-27(30-18)28-17-29-32)22-10-6-7-11-23(22)35-16-19-8-4-3-5-9-19/h3-15,17,25H,16H2,1-2H3,(H,31,33)(H,28,29,30)/t25-/m1/s1. The highest BCUT2D eigenvalue weighted by Gasteiger charge is 2.35. The summed E-state index contributed by atoms with van der Waals surface area (Å²) < 4.78 is 13.2. The van der Waals surface area contributed by atoms with Crippen LogP contribution in [0.25, 0.3) is 0 Å². The van der Waals surface area contributed by atoms with Gasteiger partial charge in [0, 0.05) is 16.9 Å². The predicted molar refractivity (Wildman–Crippen MR) is 133 cm³/mol. The first-order chi connectivity index (χ1) is 17.1. The number of anilines is 2. The first kappa shape index (κ1) is 22.2. The van der Waals surface area contributed by atoms with E-state index in [0.717, 1.165) is 11.1 Å². The molecule has 176 valence electrons. The van der Waals surface area contributed by atoms with Gasteiger partial charge < -0.3 is 20.1 Å². The number of fused-ring (bicyclic) bond motifs is 1. The molecule has 0 saturated carbocycles. The Kier molecular flexibility index (Phi) is 6.17. The van der Waals surface area contributed by atoms with Gasteiger partial charge in [-0.05, 0) is 42.8 Å². The van der Waals surface area contributed by atoms with Crippen molar-refractivity contribution in [3.05, 3.63) is 108 Å². The molecule has 2 N–H and O–H groups in total. The van der Waals surface area contributed by atoms with Crippen LogP contribution in [0.5, 0.6) is 11.5 Å². The molecule has 0 spiro atoms. The van der Waals surface area contributed by atoms with Crippen LogP contribution in [0.1, 0.15) is 24.1 Å². The fraction of sp³-hybridized carbons (Fsp3) is 0.148. The average Bonchev–Trinajstić information content (AvgIpc) is 3.36. The van der Waals surface area contributed by atoms with Crippen LogP contribution in [-0.2, 0) is 11.4 Å². The van der Waals surface area contributed by atoms with Gasteiger partial charge in [-0.25, -0.2) is 4.68 Å². The summed E-state index contributed by atoms with van der Waals surface area (Å²) in [7, 11) is 1.60. The second-order valence-electron chi connectivity index (χ2n) is 8.09. The molecule has 1 aliphatic heterocycles. The number of carbonyl (C=O) groups is 1. The third kappa shape index (κ3) is 4.59. The summed E-state index contributed by atoms with van der Waals surface area (Å²) >= 11 is 0. The molecule has 0 bridgehead atoms. The molecule has 0 unspecified atom stereocenters. The zero-order valence-corrected chi connectivity index (χ0v) is 19.4. The van der Waals surface area contributed by atoms with E-state index in [4.69, 9.17) is 9.47 Å². The Hall–Kier alpha value is -4.59. The Labute approximate surface area is 203 Å². The van der Waals surface area contributed by atoms with Crippen LogP contribution < -0.4 is 20.1 Å². The largest absolute Gasteiger partial charge is 0.497 e. The number of hydrogen-bond acceptors (Lipinski definition) is 6. The number of benzene rings is 3. The SMILES string of the molecule is COc1ccc(NC(=O)C2=C(C)Nc3ncnn3[C@@H]2c2ccccc2OCc2ccccc2)cc1. The zero-order chi connectivity index (χ0) is 24.2. The Morgan fingerprint density at radius 2 is 1.77 bits per heavy atom. The summed E-state index contributed by atoms with van der Waals surface area (Å²) in [5, 5.41) is 10.6. The number of ether oxygens (including phenoxy) is 2. The van der Waals surface area contributed by atoms with E-state index in [1.54, 1.807) is 36.1 Å². The molecule has 0 fully saturated rings. The van der Waals surface area contributed by atoms with Crippen LogP contribution in [-0.4, -0.2) is 27.8 Å². The number of carbonyl (C=O) groups excluding carboxylic acids is 1. The van der Waals surface area contributed by atoms with Gasteiger partial charge in [0.05, 0.1) is 12.7 Å². The molecule has 0 aliphatic carbocycles. The molecule has 2 heterocycles. The van der Waals surface area contributed by atoms with Crippen molar-refractivity contribution in [2.24, 2.45) is 0 Å². The predicted octanol–water partition coefficient (Wildman–Crippen LogP) is 4.79. The van der Waals surface area contributed by atoms with Crippen molar-refractivity contribution in [1.29, 1.82) is 0 Å². The highest BCUT2D eigenvalue weighted by Crippen LogP contribution is 2.39. The van der Waals surface area contributed by atoms with Crippen molar-refractivity contribution in [1.82, 2.24) is 14.8 Å². The van der Waals surface area contributed by atoms with E-state index in [9.17, 15) is 4.79 Å². The van der Waals surface area contributed by atoms with Gasteiger partial charge in [0.25, 0.3) is 5.91 Å². The van der Waals surface area contributed by atoms with Gasteiger partial charge >= 0.3 is 0 Å². The van der Waals surface area contributed by atoms with Gasteiger partial charge in [-0.2, -0.15) is 10.1 Å². The maximum Gasteiger partial charge on any atom is 0.255 e. The molecule has 1 amide bonds. The number of hydrogen-bond donors (Lipinski definition) is 2. The minimum atomic E-state index is -0.529. The van der Waals surface area contributed by atoms with Crippen LogP contribution in [0, 0.1) is 0 Å². The second-order valence-corrected chi connectivity index (χ2v) is 8.09. The van der Waals surface area contributed by atoms with Gasteiger partial charge in [0.1, 0.15) is 30.5 Å². The van der Waals surface area contributed by atoms with E-state index in [-0.39, 0.29) is 5.91 Å². The lowest BCUT2D eigenvalue weighted by Gasteiger charge is -2.29. The number of amides is 1. The fourth-order valence-electron chi connectivity index (χ4n) is 4.12. The van der Waals surface area contributed by atoms with Crippen LogP contribution in [0.3, 0.4) is 0 Å². The van der Waals surface area contributed by atoms with Gasteiger partial charge in [-0.1, -0.05) is 48.5 Å². The number of nitrogens with zero attached hydrogens (tertiary/aromatic N) is 3. The van der Waals surface area contributed by atoms with E-state index in [1.807, 2.05) is 61.5 Å². The highest BCUT2D eigenvalue weighted by molar-refractivity contribution is 6.06. The molecule has 0 saturated heterocycles. The van der Waals surface area contributed by atoms with E-state index in [2.05, 4.69) is 20.7 Å². The number of para-hydroxylation sites is 1. The Morgan fingerprint density at radius 1 is 1.03 bits per heavy atom. The minimum absolute atomic E-state index is 0.246. The first-order valence-corrected chi connectivity index (χ1v) is 11.2. The number of nitrogens with one attached hydrogen (secondary N) is 2. The van der Waals surface area contributed by atoms with Crippen molar-refractivity contribution in [3.8, 4) is 11.5 Å². The summed E-state index contributed by atoms with van der Waals surface area (Å²) in [6.45, 7) is 2.27. The molecular weight excluding hydrogens is 442 g/mol. The van der Waals surface area contributed by atoms with Gasteiger partial charge in [0.2, 0.25) is 5.95 Å². The van der Waals surface area contributed by atoms with Gasteiger partial charge in [-0.3, -0.25) is 4.79 Å². The third-order valence-electron chi connectivity index (χ3n) is 5.84. The summed E-state index contributed by atoms with van der Waals surface area (Å²) in [6, 6.07) is 24.3. The van der Waals surface area contributed by atoms with E-state index >= 15 is 0 Å². The summed E-state index contributed by atoms with van der Waals surface area (Å²) in [5.41, 5.74) is 3.75. The summed E-state index contributed by atoms with van der Waals surface area (Å²) in [4.78, 5) is 17.9. The lowest BCUT2D eigenvalue weighted by Crippen LogP contribution is -2.31. The maximum atomic E-state index is 13.6. The molecule has 4 aromatic rings. The van der Waals surface area contributed by atoms with Gasteiger partial charge in [-0.15, -0.1) is 0 Å². The van der Waals surface area contributed by atoms with Crippen molar-refractivity contribution in [2.45, 2.75) is 19.6 Å². The fourth-order valence-corrected chi connectivity index (χ4v) is 4.12. The molecule has 5 rings (SSSR count). The lowest BCUT2D eigenvalue weighted by atomic mass is 9.94. The second kappa shape index (κ2) is 9.72. The van der Waals surface area contributed by atoms with Crippen LogP contribution in [0.4, 0.5) is 11.6 Å². The molecule has 8 heteroatoms. The molecule has 1 aromatic heterocycles. The monoisotopic (exact) mass is 467 g/mol. The minimum Gasteiger partial charge on any atom is -0.497 e. The molecule has 3 aromatic carbocycles. The number of rotatable bonds is 7. The average molecular weight is 468 g/mol. The van der Waals surface area contributed by atoms with Crippen LogP contribution in [0.15, 0.2) is 96.5 Å². The lowest BCUT2D eigenvalue weighted by molar-refractivity contribution is -0.113. The third-order valence-corrected chi connectivity index (χ3v) is 5.84. The zero-order valence-electron chi connectivity index (χ0n) is 19.4. The number of aromatic nitrogens is 3. The van der Waals surface area contributed by atoms with Crippen LogP contribution in [0.2, 0.25) is 0 Å². The number of methoxy groups -OCH3 is 1. The van der Waals surface area contributed by atoms with E-state index in [0.29, 0.717) is 41.0 Å². The molecular formula is C27H25N5O3. The molecule has 35 heavy (non-hydrogen) atoms. The molecule has 8 nitrogen and oxygen atoms in total. The quantitative estimate of drug-likeness (QED) is 0.406. The Balaban J connectivity index is 1.50. The summed E-state index contributed by atoms with van der Waals surface area (Å²) in [6.07, 6.45) is 1.47.